The minimum Gasteiger partial charge on any atom is -0.477 e. The summed E-state index contributed by atoms with van der Waals surface area (Å²) in [6.45, 7) is 1.32. The van der Waals surface area contributed by atoms with E-state index in [-0.39, 0.29) is 11.4 Å². The Bertz CT molecular complexity index is 1080. The maximum Gasteiger partial charge on any atom is 0.311 e. The number of hydrazone groups is 1. The molecule has 0 atom stereocenters. The average molecular weight is 458 g/mol. The molecule has 0 saturated carbocycles. The molecule has 0 aliphatic carbocycles. The number of nitro benzene ring substituents is 1. The normalized spacial score (nSPS) is 10.8. The molecule has 1 heterocycles. The Labute approximate surface area is 174 Å². The summed E-state index contributed by atoms with van der Waals surface area (Å²) in [6, 6.07) is 15.7. The van der Waals surface area contributed by atoms with E-state index in [1.807, 2.05) is 24.3 Å². The number of furan rings is 1. The quantitative estimate of drug-likeness (QED) is 0.320. The summed E-state index contributed by atoms with van der Waals surface area (Å²) in [7, 11) is 0. The second-order valence-corrected chi connectivity index (χ2v) is 6.94. The first kappa shape index (κ1) is 20.3. The molecule has 3 rings (SSSR count). The second-order valence-electron chi connectivity index (χ2n) is 6.02. The van der Waals surface area contributed by atoms with Gasteiger partial charge >= 0.3 is 5.69 Å². The summed E-state index contributed by atoms with van der Waals surface area (Å²) < 4.78 is 11.8. The zero-order valence-corrected chi connectivity index (χ0v) is 16.9. The van der Waals surface area contributed by atoms with Crippen molar-refractivity contribution in [2.75, 3.05) is 6.61 Å². The van der Waals surface area contributed by atoms with Gasteiger partial charge in [-0.05, 0) is 42.8 Å². The fraction of sp³-hybridized carbons (Fsp3) is 0.100. The number of nitro groups is 1. The fourth-order valence-electron chi connectivity index (χ4n) is 2.45. The van der Waals surface area contributed by atoms with Crippen molar-refractivity contribution in [3.63, 3.8) is 0 Å². The van der Waals surface area contributed by atoms with Crippen LogP contribution in [0.5, 0.6) is 5.75 Å². The Balaban J connectivity index is 1.55. The lowest BCUT2D eigenvalue weighted by Crippen LogP contribution is -2.24. The molecule has 1 aromatic heterocycles. The maximum absolute atomic E-state index is 11.9. The third-order valence-electron chi connectivity index (χ3n) is 3.79. The van der Waals surface area contributed by atoms with Gasteiger partial charge in [0.15, 0.2) is 12.4 Å². The number of carbonyl (C=O) groups is 1. The molecule has 0 radical (unpaired) electrons. The number of hydrogen-bond acceptors (Lipinski definition) is 6. The molecule has 0 aliphatic heterocycles. The van der Waals surface area contributed by atoms with Crippen LogP contribution in [0.3, 0.4) is 0 Å². The molecular weight excluding hydrogens is 442 g/mol. The summed E-state index contributed by atoms with van der Waals surface area (Å²) in [5.74, 6) is 0.573. The molecule has 0 fully saturated rings. The number of ether oxygens (including phenoxy) is 1. The SMILES string of the molecule is Cc1ccc(OCC(=O)N/N=C/c2ccc(-c3cccc(Br)c3)o2)c([N+](=O)[O-])c1. The molecule has 0 bridgehead atoms. The Morgan fingerprint density at radius 3 is 2.86 bits per heavy atom. The molecule has 8 nitrogen and oxygen atoms in total. The molecule has 1 amide bonds. The van der Waals surface area contributed by atoms with E-state index in [0.29, 0.717) is 11.5 Å². The molecule has 148 valence electrons. The van der Waals surface area contributed by atoms with Crippen molar-refractivity contribution in [3.05, 3.63) is 80.5 Å². The average Bonchev–Trinajstić information content (AvgIpc) is 3.16. The van der Waals surface area contributed by atoms with Crippen LogP contribution in [0.1, 0.15) is 11.3 Å². The van der Waals surface area contributed by atoms with E-state index in [2.05, 4.69) is 26.5 Å². The zero-order valence-electron chi connectivity index (χ0n) is 15.3. The molecule has 0 unspecified atom stereocenters. The Kier molecular flexibility index (Phi) is 6.40. The van der Waals surface area contributed by atoms with Crippen molar-refractivity contribution in [1.29, 1.82) is 0 Å². The van der Waals surface area contributed by atoms with Gasteiger partial charge in [0.05, 0.1) is 11.1 Å². The molecule has 29 heavy (non-hydrogen) atoms. The van der Waals surface area contributed by atoms with Crippen LogP contribution in [0.4, 0.5) is 5.69 Å². The fourth-order valence-corrected chi connectivity index (χ4v) is 2.85. The Hall–Kier alpha value is -3.46. The van der Waals surface area contributed by atoms with E-state index in [1.165, 1.54) is 18.3 Å². The molecule has 3 aromatic rings. The number of nitrogens with zero attached hydrogens (tertiary/aromatic N) is 2. The summed E-state index contributed by atoms with van der Waals surface area (Å²) >= 11 is 3.41. The van der Waals surface area contributed by atoms with Gasteiger partial charge in [-0.25, -0.2) is 5.43 Å². The highest BCUT2D eigenvalue weighted by molar-refractivity contribution is 9.10. The smallest absolute Gasteiger partial charge is 0.311 e. The molecule has 0 spiro atoms. The van der Waals surface area contributed by atoms with Gasteiger partial charge in [-0.15, -0.1) is 0 Å². The lowest BCUT2D eigenvalue weighted by atomic mass is 10.2. The maximum atomic E-state index is 11.9. The first-order chi connectivity index (χ1) is 13.9. The van der Waals surface area contributed by atoms with Gasteiger partial charge in [0, 0.05) is 16.1 Å². The van der Waals surface area contributed by atoms with Crippen molar-refractivity contribution in [1.82, 2.24) is 5.43 Å². The van der Waals surface area contributed by atoms with E-state index < -0.39 is 17.4 Å². The first-order valence-corrected chi connectivity index (χ1v) is 9.27. The third kappa shape index (κ3) is 5.52. The van der Waals surface area contributed by atoms with Crippen LogP contribution in [-0.2, 0) is 4.79 Å². The highest BCUT2D eigenvalue weighted by Gasteiger charge is 2.16. The molecule has 0 aliphatic rings. The van der Waals surface area contributed by atoms with Crippen LogP contribution in [0.2, 0.25) is 0 Å². The molecule has 1 N–H and O–H groups in total. The number of nitrogens with one attached hydrogen (secondary N) is 1. The van der Waals surface area contributed by atoms with Crippen LogP contribution in [0.15, 0.2) is 68.6 Å². The zero-order chi connectivity index (χ0) is 20.8. The van der Waals surface area contributed by atoms with E-state index in [4.69, 9.17) is 9.15 Å². The highest BCUT2D eigenvalue weighted by atomic mass is 79.9. The predicted octanol–water partition coefficient (Wildman–Crippen LogP) is 4.45. The number of halogens is 1. The van der Waals surface area contributed by atoms with Crippen molar-refractivity contribution >= 4 is 33.7 Å². The monoisotopic (exact) mass is 457 g/mol. The predicted molar refractivity (Wildman–Crippen MR) is 111 cm³/mol. The van der Waals surface area contributed by atoms with Crippen molar-refractivity contribution in [2.24, 2.45) is 5.10 Å². The second kappa shape index (κ2) is 9.16. The van der Waals surface area contributed by atoms with Gasteiger partial charge in [0.1, 0.15) is 11.5 Å². The first-order valence-electron chi connectivity index (χ1n) is 8.48. The minimum absolute atomic E-state index is 0.0180. The van der Waals surface area contributed by atoms with Crippen LogP contribution < -0.4 is 10.2 Å². The minimum atomic E-state index is -0.560. The largest absolute Gasteiger partial charge is 0.477 e. The van der Waals surface area contributed by atoms with Crippen LogP contribution in [0, 0.1) is 17.0 Å². The number of benzene rings is 2. The van der Waals surface area contributed by atoms with Crippen molar-refractivity contribution in [2.45, 2.75) is 6.92 Å². The number of hydrogen-bond donors (Lipinski definition) is 1. The summed E-state index contributed by atoms with van der Waals surface area (Å²) in [4.78, 5) is 22.4. The molecule has 2 aromatic carbocycles. The number of amides is 1. The van der Waals surface area contributed by atoms with Gasteiger partial charge in [-0.3, -0.25) is 14.9 Å². The van der Waals surface area contributed by atoms with Crippen LogP contribution in [-0.4, -0.2) is 23.7 Å². The summed E-state index contributed by atoms with van der Waals surface area (Å²) in [5, 5.41) is 14.9. The summed E-state index contributed by atoms with van der Waals surface area (Å²) in [5.41, 5.74) is 3.71. The van der Waals surface area contributed by atoms with E-state index in [9.17, 15) is 14.9 Å². The lowest BCUT2D eigenvalue weighted by molar-refractivity contribution is -0.385. The van der Waals surface area contributed by atoms with Gasteiger partial charge in [-0.1, -0.05) is 34.1 Å². The number of carbonyl (C=O) groups excluding carboxylic acids is 1. The van der Waals surface area contributed by atoms with Gasteiger partial charge in [-0.2, -0.15) is 5.10 Å². The lowest BCUT2D eigenvalue weighted by Gasteiger charge is -2.06. The van der Waals surface area contributed by atoms with Crippen LogP contribution in [0.25, 0.3) is 11.3 Å². The van der Waals surface area contributed by atoms with E-state index in [0.717, 1.165) is 15.6 Å². The highest BCUT2D eigenvalue weighted by Crippen LogP contribution is 2.27. The van der Waals surface area contributed by atoms with Crippen LogP contribution >= 0.6 is 15.9 Å². The van der Waals surface area contributed by atoms with Gasteiger partial charge in [0.25, 0.3) is 5.91 Å². The van der Waals surface area contributed by atoms with E-state index in [1.54, 1.807) is 25.1 Å². The van der Waals surface area contributed by atoms with Crippen molar-refractivity contribution < 1.29 is 18.9 Å². The van der Waals surface area contributed by atoms with E-state index >= 15 is 0 Å². The van der Waals surface area contributed by atoms with Gasteiger partial charge < -0.3 is 9.15 Å². The third-order valence-corrected chi connectivity index (χ3v) is 4.28. The van der Waals surface area contributed by atoms with Crippen molar-refractivity contribution in [3.8, 4) is 17.1 Å². The number of aryl methyl sites for hydroxylation is 1. The standard InChI is InChI=1S/C20H16BrN3O5/c1-13-5-7-19(17(9-13)24(26)27)28-12-20(25)23-22-11-16-6-8-18(29-16)14-3-2-4-15(21)10-14/h2-11H,12H2,1H3,(H,23,25)/b22-11+. The molecular formula is C20H16BrN3O5. The topological polar surface area (TPSA) is 107 Å². The molecule has 9 heteroatoms. The summed E-state index contributed by atoms with van der Waals surface area (Å²) in [6.07, 6.45) is 1.35. The number of rotatable bonds is 7. The Morgan fingerprint density at radius 1 is 1.28 bits per heavy atom. The Morgan fingerprint density at radius 2 is 2.10 bits per heavy atom. The van der Waals surface area contributed by atoms with Gasteiger partial charge in [0.2, 0.25) is 0 Å². The molecule has 0 saturated heterocycles.